The van der Waals surface area contributed by atoms with Crippen LogP contribution in [0.25, 0.3) is 0 Å². The molecule has 1 saturated carbocycles. The molecule has 21 heavy (non-hydrogen) atoms. The fourth-order valence-electron chi connectivity index (χ4n) is 2.74. The van der Waals surface area contributed by atoms with Crippen LogP contribution in [0.4, 0.5) is 13.2 Å². The Morgan fingerprint density at radius 3 is 2.38 bits per heavy atom. The molecule has 0 heterocycles. The predicted molar refractivity (Wildman–Crippen MR) is 75.8 cm³/mol. The molecule has 120 valence electrons. The van der Waals surface area contributed by atoms with E-state index in [9.17, 15) is 13.2 Å². The minimum absolute atomic E-state index is 0. The number of methoxy groups -OCH3 is 1. The van der Waals surface area contributed by atoms with E-state index in [2.05, 4.69) is 4.74 Å². The van der Waals surface area contributed by atoms with Crippen molar-refractivity contribution in [1.82, 2.24) is 0 Å². The van der Waals surface area contributed by atoms with E-state index in [0.717, 1.165) is 25.7 Å². The van der Waals surface area contributed by atoms with E-state index in [1.54, 1.807) is 0 Å². The van der Waals surface area contributed by atoms with Gasteiger partial charge in [0.05, 0.1) is 7.11 Å². The summed E-state index contributed by atoms with van der Waals surface area (Å²) < 4.78 is 46.0. The van der Waals surface area contributed by atoms with Crippen LogP contribution in [0.15, 0.2) is 18.2 Å². The van der Waals surface area contributed by atoms with E-state index < -0.39 is 6.36 Å². The molecule has 1 aliphatic rings. The van der Waals surface area contributed by atoms with Gasteiger partial charge >= 0.3 is 6.36 Å². The van der Waals surface area contributed by atoms with Gasteiger partial charge < -0.3 is 15.2 Å². The molecule has 2 rings (SSSR count). The monoisotopic (exact) mass is 325 g/mol. The van der Waals surface area contributed by atoms with Crippen molar-refractivity contribution < 1.29 is 22.6 Å². The molecule has 0 saturated heterocycles. The van der Waals surface area contributed by atoms with Crippen LogP contribution in [0.3, 0.4) is 0 Å². The molecule has 0 radical (unpaired) electrons. The minimum Gasteiger partial charge on any atom is -0.496 e. The zero-order chi connectivity index (χ0) is 14.8. The highest BCUT2D eigenvalue weighted by Gasteiger charge is 2.32. The van der Waals surface area contributed by atoms with Gasteiger partial charge in [0.2, 0.25) is 0 Å². The van der Waals surface area contributed by atoms with Crippen LogP contribution in [0, 0.1) is 5.92 Å². The predicted octanol–water partition coefficient (Wildman–Crippen LogP) is 4.21. The van der Waals surface area contributed by atoms with Gasteiger partial charge in [0, 0.05) is 11.6 Å². The Balaban J connectivity index is 0.00000220. The Kier molecular flexibility index (Phi) is 6.16. The largest absolute Gasteiger partial charge is 0.573 e. The molecule has 0 aliphatic heterocycles. The Hall–Kier alpha value is -1.14. The molecular weight excluding hydrogens is 307 g/mol. The molecular formula is C14H19ClF3NO2. The molecule has 0 spiro atoms. The van der Waals surface area contributed by atoms with Gasteiger partial charge in [-0.1, -0.05) is 12.8 Å². The summed E-state index contributed by atoms with van der Waals surface area (Å²) in [7, 11) is 1.48. The lowest BCUT2D eigenvalue weighted by Crippen LogP contribution is -2.21. The second-order valence-electron chi connectivity index (χ2n) is 5.02. The van der Waals surface area contributed by atoms with Crippen molar-refractivity contribution >= 4 is 12.4 Å². The van der Waals surface area contributed by atoms with Crippen LogP contribution in [0.2, 0.25) is 0 Å². The topological polar surface area (TPSA) is 44.5 Å². The molecule has 7 heteroatoms. The van der Waals surface area contributed by atoms with Crippen molar-refractivity contribution in [3.8, 4) is 11.5 Å². The lowest BCUT2D eigenvalue weighted by atomic mass is 9.92. The molecule has 0 aromatic heterocycles. The van der Waals surface area contributed by atoms with Crippen LogP contribution < -0.4 is 15.2 Å². The average molecular weight is 326 g/mol. The summed E-state index contributed by atoms with van der Waals surface area (Å²) >= 11 is 0. The quantitative estimate of drug-likeness (QED) is 0.902. The summed E-state index contributed by atoms with van der Waals surface area (Å²) in [6.07, 6.45) is -0.495. The van der Waals surface area contributed by atoms with Crippen LogP contribution in [-0.4, -0.2) is 13.5 Å². The molecule has 1 aromatic rings. The summed E-state index contributed by atoms with van der Waals surface area (Å²) in [5, 5.41) is 0. The number of alkyl halides is 3. The molecule has 1 atom stereocenters. The number of hydrogen-bond donors (Lipinski definition) is 1. The Morgan fingerprint density at radius 1 is 1.24 bits per heavy atom. The van der Waals surface area contributed by atoms with E-state index in [1.165, 1.54) is 25.3 Å². The van der Waals surface area contributed by atoms with Gasteiger partial charge in [-0.15, -0.1) is 25.6 Å². The average Bonchev–Trinajstić information content (AvgIpc) is 2.89. The van der Waals surface area contributed by atoms with Gasteiger partial charge in [-0.2, -0.15) is 0 Å². The van der Waals surface area contributed by atoms with Gasteiger partial charge in [0.1, 0.15) is 11.5 Å². The Labute approximate surface area is 128 Å². The van der Waals surface area contributed by atoms with Crippen molar-refractivity contribution in [2.75, 3.05) is 7.11 Å². The first-order valence-electron chi connectivity index (χ1n) is 6.60. The first kappa shape index (κ1) is 17.9. The second kappa shape index (κ2) is 7.22. The van der Waals surface area contributed by atoms with E-state index >= 15 is 0 Å². The van der Waals surface area contributed by atoms with Crippen LogP contribution in [0.1, 0.15) is 37.3 Å². The SMILES string of the molecule is COc1ccc(OC(F)(F)F)cc1[C@H](N)C1CCCC1.Cl. The van der Waals surface area contributed by atoms with Crippen molar-refractivity contribution in [3.05, 3.63) is 23.8 Å². The second-order valence-corrected chi connectivity index (χ2v) is 5.02. The van der Waals surface area contributed by atoms with E-state index in [4.69, 9.17) is 10.5 Å². The molecule has 0 amide bonds. The number of ether oxygens (including phenoxy) is 2. The van der Waals surface area contributed by atoms with Gasteiger partial charge in [-0.3, -0.25) is 0 Å². The normalized spacial score (nSPS) is 17.2. The maximum Gasteiger partial charge on any atom is 0.573 e. The number of benzene rings is 1. The zero-order valence-electron chi connectivity index (χ0n) is 11.7. The summed E-state index contributed by atoms with van der Waals surface area (Å²) in [6.45, 7) is 0. The van der Waals surface area contributed by atoms with Gasteiger partial charge in [0.15, 0.2) is 0 Å². The smallest absolute Gasteiger partial charge is 0.496 e. The van der Waals surface area contributed by atoms with Gasteiger partial charge in [-0.25, -0.2) is 0 Å². The van der Waals surface area contributed by atoms with Gasteiger partial charge in [-0.05, 0) is 37.0 Å². The lowest BCUT2D eigenvalue weighted by molar-refractivity contribution is -0.274. The standard InChI is InChI=1S/C14H18F3NO2.ClH/c1-19-12-7-6-10(20-14(15,16)17)8-11(12)13(18)9-4-2-3-5-9;/h6-9,13H,2-5,18H2,1H3;1H/t13-;/m1./s1. The Bertz CT molecular complexity index is 462. The van der Waals surface area contributed by atoms with Crippen molar-refractivity contribution in [2.24, 2.45) is 11.7 Å². The molecule has 1 aliphatic carbocycles. The molecule has 1 aromatic carbocycles. The maximum atomic E-state index is 12.3. The van der Waals surface area contributed by atoms with Crippen molar-refractivity contribution in [3.63, 3.8) is 0 Å². The summed E-state index contributed by atoms with van der Waals surface area (Å²) in [5.74, 6) is 0.519. The maximum absolute atomic E-state index is 12.3. The molecule has 0 bridgehead atoms. The third kappa shape index (κ3) is 4.68. The number of nitrogens with two attached hydrogens (primary N) is 1. The van der Waals surface area contributed by atoms with E-state index in [1.807, 2.05) is 0 Å². The highest BCUT2D eigenvalue weighted by Crippen LogP contribution is 2.39. The van der Waals surface area contributed by atoms with Crippen LogP contribution >= 0.6 is 12.4 Å². The molecule has 1 fully saturated rings. The molecule has 2 N–H and O–H groups in total. The lowest BCUT2D eigenvalue weighted by Gasteiger charge is -2.22. The third-order valence-electron chi connectivity index (χ3n) is 3.70. The molecule has 0 unspecified atom stereocenters. The summed E-state index contributed by atoms with van der Waals surface area (Å²) in [4.78, 5) is 0. The molecule has 3 nitrogen and oxygen atoms in total. The van der Waals surface area contributed by atoms with Crippen molar-refractivity contribution in [2.45, 2.75) is 38.1 Å². The van der Waals surface area contributed by atoms with E-state index in [-0.39, 0.29) is 30.1 Å². The van der Waals surface area contributed by atoms with Gasteiger partial charge in [0.25, 0.3) is 0 Å². The first-order chi connectivity index (χ1) is 9.40. The number of rotatable bonds is 4. The van der Waals surface area contributed by atoms with Crippen molar-refractivity contribution in [1.29, 1.82) is 0 Å². The first-order valence-corrected chi connectivity index (χ1v) is 6.60. The summed E-state index contributed by atoms with van der Waals surface area (Å²) in [5.41, 5.74) is 6.76. The Morgan fingerprint density at radius 2 is 1.86 bits per heavy atom. The van der Waals surface area contributed by atoms with Crippen LogP contribution in [0.5, 0.6) is 11.5 Å². The fraction of sp³-hybridized carbons (Fsp3) is 0.571. The highest BCUT2D eigenvalue weighted by atomic mass is 35.5. The van der Waals surface area contributed by atoms with Crippen LogP contribution in [-0.2, 0) is 0 Å². The number of hydrogen-bond acceptors (Lipinski definition) is 3. The fourth-order valence-corrected chi connectivity index (χ4v) is 2.74. The minimum atomic E-state index is -4.71. The highest BCUT2D eigenvalue weighted by molar-refractivity contribution is 5.85. The zero-order valence-corrected chi connectivity index (χ0v) is 12.5. The third-order valence-corrected chi connectivity index (χ3v) is 3.70. The van der Waals surface area contributed by atoms with E-state index in [0.29, 0.717) is 11.3 Å². The summed E-state index contributed by atoms with van der Waals surface area (Å²) in [6, 6.07) is 3.70. The number of halogens is 4.